The van der Waals surface area contributed by atoms with Gasteiger partial charge in [0.2, 0.25) is 11.8 Å². The van der Waals surface area contributed by atoms with Crippen LogP contribution in [0.5, 0.6) is 0 Å². The minimum Gasteiger partial charge on any atom is -0.507 e. The number of carbonyl (C=O) groups is 4. The average Bonchev–Trinajstić information content (AvgIpc) is 3.10. The van der Waals surface area contributed by atoms with Crippen molar-refractivity contribution in [3.8, 4) is 0 Å². The van der Waals surface area contributed by atoms with Gasteiger partial charge in [0.05, 0.1) is 6.04 Å². The summed E-state index contributed by atoms with van der Waals surface area (Å²) in [6.07, 6.45) is 19.2. The summed E-state index contributed by atoms with van der Waals surface area (Å²) in [5, 5.41) is 18.4. The molecule has 0 spiro atoms. The van der Waals surface area contributed by atoms with Crippen LogP contribution in [0, 0.1) is 0 Å². The fraction of sp³-hybridized carbons (Fsp3) is 0.700. The van der Waals surface area contributed by atoms with E-state index < -0.39 is 35.6 Å². The third-order valence-corrected chi connectivity index (χ3v) is 8.97. The molecule has 4 N–H and O–H groups in total. The molecule has 0 fully saturated rings. The fourth-order valence-electron chi connectivity index (χ4n) is 5.78. The predicted octanol–water partition coefficient (Wildman–Crippen LogP) is 9.67. The lowest BCUT2D eigenvalue weighted by atomic mass is 10.1. The van der Waals surface area contributed by atoms with Gasteiger partial charge in [0, 0.05) is 30.2 Å². The Balaban J connectivity index is 2.56. The number of aliphatic hydroxyl groups is 1. The van der Waals surface area contributed by atoms with Gasteiger partial charge in [-0.05, 0) is 37.9 Å². The first-order valence-electron chi connectivity index (χ1n) is 19.5. The second-order valence-electron chi connectivity index (χ2n) is 13.5. The van der Waals surface area contributed by atoms with Crippen LogP contribution in [0.25, 0.3) is 5.76 Å². The van der Waals surface area contributed by atoms with Crippen molar-refractivity contribution in [2.45, 2.75) is 167 Å². The third-order valence-electron chi connectivity index (χ3n) is 8.97. The lowest BCUT2D eigenvalue weighted by Crippen LogP contribution is -2.45. The maximum Gasteiger partial charge on any atom is 0.454 e. The number of amides is 3. The summed E-state index contributed by atoms with van der Waals surface area (Å²) in [4.78, 5) is 49.5. The van der Waals surface area contributed by atoms with E-state index in [0.29, 0.717) is 13.1 Å². The molecule has 8 nitrogen and oxygen atoms in total. The Kier molecular flexibility index (Phi) is 25.5. The number of alkyl halides is 3. The molecule has 51 heavy (non-hydrogen) atoms. The lowest BCUT2D eigenvalue weighted by molar-refractivity contribution is -0.165. The second-order valence-corrected chi connectivity index (χ2v) is 13.5. The molecule has 0 aliphatic rings. The van der Waals surface area contributed by atoms with Crippen molar-refractivity contribution < 1.29 is 37.5 Å². The summed E-state index contributed by atoms with van der Waals surface area (Å²) in [6, 6.07) is 4.19. The van der Waals surface area contributed by atoms with Crippen LogP contribution >= 0.6 is 0 Å². The number of aliphatic hydroxyl groups excluding tert-OH is 1. The van der Waals surface area contributed by atoms with Gasteiger partial charge in [-0.3, -0.25) is 24.5 Å². The molecule has 1 rings (SSSR count). The Morgan fingerprint density at radius 1 is 0.667 bits per heavy atom. The van der Waals surface area contributed by atoms with Gasteiger partial charge in [0.25, 0.3) is 11.7 Å². The van der Waals surface area contributed by atoms with Crippen molar-refractivity contribution in [2.75, 3.05) is 13.1 Å². The zero-order chi connectivity index (χ0) is 37.7. The lowest BCUT2D eigenvalue weighted by Gasteiger charge is -2.18. The number of hydrogen-bond acceptors (Lipinski definition) is 6. The van der Waals surface area contributed by atoms with Crippen LogP contribution in [0.1, 0.15) is 171 Å². The minimum absolute atomic E-state index is 0.0342. The Morgan fingerprint density at radius 3 is 1.57 bits per heavy atom. The Bertz CT molecular complexity index is 1150. The van der Waals surface area contributed by atoms with Crippen LogP contribution in [0.2, 0.25) is 0 Å². The van der Waals surface area contributed by atoms with E-state index in [1.165, 1.54) is 114 Å². The topological polar surface area (TPSA) is 125 Å². The minimum atomic E-state index is -5.12. The van der Waals surface area contributed by atoms with Gasteiger partial charge < -0.3 is 15.7 Å². The molecule has 0 saturated heterocycles. The van der Waals surface area contributed by atoms with Gasteiger partial charge in [-0.2, -0.15) is 13.2 Å². The van der Waals surface area contributed by atoms with Crippen LogP contribution in [-0.4, -0.2) is 53.9 Å². The van der Waals surface area contributed by atoms with E-state index in [4.69, 9.17) is 0 Å². The molecule has 0 unspecified atom stereocenters. The second kappa shape index (κ2) is 28.4. The first-order chi connectivity index (χ1) is 24.5. The molecule has 0 aliphatic carbocycles. The normalized spacial score (nSPS) is 12.5. The summed E-state index contributed by atoms with van der Waals surface area (Å²) in [5.41, 5.74) is -0.0671. The van der Waals surface area contributed by atoms with Gasteiger partial charge in [0.15, 0.2) is 0 Å². The van der Waals surface area contributed by atoms with Crippen molar-refractivity contribution in [3.05, 3.63) is 41.5 Å². The van der Waals surface area contributed by atoms with Crippen molar-refractivity contribution in [1.29, 1.82) is 0 Å². The molecule has 0 saturated carbocycles. The molecule has 0 bridgehead atoms. The number of halogens is 3. The summed E-state index contributed by atoms with van der Waals surface area (Å²) >= 11 is 0. The predicted molar refractivity (Wildman–Crippen MR) is 198 cm³/mol. The Hall–Kier alpha value is -3.21. The average molecular weight is 724 g/mol. The van der Waals surface area contributed by atoms with E-state index in [1.807, 2.05) is 0 Å². The van der Waals surface area contributed by atoms with Gasteiger partial charge in [0.1, 0.15) is 5.76 Å². The van der Waals surface area contributed by atoms with E-state index in [2.05, 4.69) is 29.8 Å². The molecule has 0 radical (unpaired) electrons. The summed E-state index contributed by atoms with van der Waals surface area (Å²) < 4.78 is 37.4. The molecule has 0 heterocycles. The highest BCUT2D eigenvalue weighted by Gasteiger charge is 2.37. The highest BCUT2D eigenvalue weighted by molar-refractivity contribution is 6.05. The Labute approximate surface area is 304 Å². The third kappa shape index (κ3) is 23.1. The number of nitrogens with one attached hydrogen (secondary N) is 3. The number of carbonyl (C=O) groups excluding carboxylic acids is 4. The van der Waals surface area contributed by atoms with E-state index in [0.717, 1.165) is 38.5 Å². The zero-order valence-electron chi connectivity index (χ0n) is 31.1. The van der Waals surface area contributed by atoms with Crippen LogP contribution < -0.4 is 16.0 Å². The van der Waals surface area contributed by atoms with Gasteiger partial charge in [-0.25, -0.2) is 0 Å². The van der Waals surface area contributed by atoms with Crippen LogP contribution in [0.15, 0.2) is 30.3 Å². The van der Waals surface area contributed by atoms with Gasteiger partial charge >= 0.3 is 6.18 Å². The van der Waals surface area contributed by atoms with Gasteiger partial charge in [-0.1, -0.05) is 142 Å². The van der Waals surface area contributed by atoms with Crippen LogP contribution in [-0.2, 0) is 14.4 Å². The zero-order valence-corrected chi connectivity index (χ0v) is 31.1. The van der Waals surface area contributed by atoms with Crippen molar-refractivity contribution in [2.24, 2.45) is 0 Å². The number of allylic oxidation sites excluding steroid dienone is 1. The number of ketones is 1. The molecule has 0 aliphatic heterocycles. The molecule has 11 heteroatoms. The van der Waals surface area contributed by atoms with Gasteiger partial charge in [-0.15, -0.1) is 0 Å². The fourth-order valence-corrected chi connectivity index (χ4v) is 5.78. The highest BCUT2D eigenvalue weighted by atomic mass is 19.4. The van der Waals surface area contributed by atoms with Crippen molar-refractivity contribution in [3.63, 3.8) is 0 Å². The largest absolute Gasteiger partial charge is 0.507 e. The quantitative estimate of drug-likeness (QED) is 0.0356. The van der Waals surface area contributed by atoms with E-state index in [9.17, 15) is 37.5 Å². The maximum absolute atomic E-state index is 13.1. The molecule has 290 valence electrons. The first kappa shape index (κ1) is 45.8. The molecule has 1 aromatic rings. The van der Waals surface area contributed by atoms with E-state index in [-0.39, 0.29) is 36.0 Å². The first-order valence-corrected chi connectivity index (χ1v) is 19.5. The van der Waals surface area contributed by atoms with Crippen LogP contribution in [0.4, 0.5) is 13.2 Å². The standard InChI is InChI=1S/C40H64F3N3O5/c1-3-5-7-9-11-13-15-17-19-21-29-44-34(39(51)45-30-22-20-18-16-14-12-10-8-6-4-2)27-28-37(49)46-38(50)33-25-23-32(24-26-33)35(47)31-36(48)40(41,42)43/h23-26,31,34,44,47H,3-22,27-30H2,1-2H3,(H,45,51)(H,46,49,50)/b35-31-/t34-/m0/s1. The number of imide groups is 1. The van der Waals surface area contributed by atoms with E-state index >= 15 is 0 Å². The molecule has 1 aromatic carbocycles. The molecular formula is C40H64F3N3O5. The summed E-state index contributed by atoms with van der Waals surface area (Å²) in [6.45, 7) is 5.66. The highest BCUT2D eigenvalue weighted by Crippen LogP contribution is 2.20. The maximum atomic E-state index is 13.1. The monoisotopic (exact) mass is 723 g/mol. The number of hydrogen-bond donors (Lipinski definition) is 4. The number of benzene rings is 1. The number of rotatable bonds is 30. The van der Waals surface area contributed by atoms with E-state index in [1.54, 1.807) is 0 Å². The molecule has 3 amide bonds. The smallest absolute Gasteiger partial charge is 0.454 e. The molecule has 1 atom stereocenters. The molecule has 0 aromatic heterocycles. The van der Waals surface area contributed by atoms with Crippen molar-refractivity contribution in [1.82, 2.24) is 16.0 Å². The van der Waals surface area contributed by atoms with Crippen LogP contribution in [0.3, 0.4) is 0 Å². The summed E-state index contributed by atoms with van der Waals surface area (Å²) in [5.74, 6) is -4.58. The number of unbranched alkanes of at least 4 members (excludes halogenated alkanes) is 18. The summed E-state index contributed by atoms with van der Waals surface area (Å²) in [7, 11) is 0. The molecular weight excluding hydrogens is 659 g/mol. The SMILES string of the molecule is CCCCCCCCCCCCNC(=O)[C@H](CCC(=O)NC(=O)c1ccc(/C(O)=C/C(=O)C(F)(F)F)cc1)NCCCCCCCCCCCC. The Morgan fingerprint density at radius 2 is 1.10 bits per heavy atom. The van der Waals surface area contributed by atoms with Crippen molar-refractivity contribution >= 4 is 29.3 Å².